The molecule has 38 heavy (non-hydrogen) atoms. The van der Waals surface area contributed by atoms with Gasteiger partial charge in [-0.25, -0.2) is 0 Å². The van der Waals surface area contributed by atoms with Gasteiger partial charge in [-0.15, -0.1) is 13.2 Å². The van der Waals surface area contributed by atoms with E-state index in [9.17, 15) is 19.5 Å². The van der Waals surface area contributed by atoms with Crippen LogP contribution in [0, 0.1) is 17.8 Å². The second-order valence-electron chi connectivity index (χ2n) is 11.5. The van der Waals surface area contributed by atoms with E-state index >= 15 is 0 Å². The maximum absolute atomic E-state index is 14.4. The van der Waals surface area contributed by atoms with Crippen molar-refractivity contribution >= 4 is 17.7 Å². The van der Waals surface area contributed by atoms with Crippen LogP contribution < -0.4 is 0 Å². The number of aliphatic hydroxyl groups is 1. The topological polar surface area (TPSA) is 90.4 Å². The highest BCUT2D eigenvalue weighted by atomic mass is 16.5. The van der Waals surface area contributed by atoms with E-state index in [2.05, 4.69) is 27.0 Å². The third-order valence-electron chi connectivity index (χ3n) is 9.18. The predicted molar refractivity (Wildman–Crippen MR) is 148 cm³/mol. The van der Waals surface area contributed by atoms with Crippen LogP contribution in [-0.2, 0) is 19.1 Å². The molecule has 0 aromatic carbocycles. The van der Waals surface area contributed by atoms with Gasteiger partial charge in [0, 0.05) is 26.2 Å². The van der Waals surface area contributed by atoms with Crippen LogP contribution >= 0.6 is 0 Å². The summed E-state index contributed by atoms with van der Waals surface area (Å²) in [6.45, 7) is 19.4. The Bertz CT molecular complexity index is 904. The number of nitrogens with zero attached hydrogens (tertiary/aromatic N) is 3. The van der Waals surface area contributed by atoms with Gasteiger partial charge >= 0.3 is 0 Å². The minimum atomic E-state index is -1.11. The first-order valence-corrected chi connectivity index (χ1v) is 14.6. The number of unbranched alkanes of at least 4 members (excludes halogenated alkanes) is 2. The standard InChI is InChI=1S/C30H49N3O5/c1-8-13-14-18-32(17-11-4)28(37)25-30-19-21(6)29(7,38-30)23(26(35)31(15-9-2)16-10-3)24(30)27(36)33(25)22(12-5)20-34/h9,11,21-25,34H,2,4,8,10,12-20H2,1,3,5-7H3/t21?,22-,23-,24-,25?,29+,30?/m0/s1. The molecule has 0 radical (unpaired) electrons. The summed E-state index contributed by atoms with van der Waals surface area (Å²) >= 11 is 0. The predicted octanol–water partition coefficient (Wildman–Crippen LogP) is 3.40. The summed E-state index contributed by atoms with van der Waals surface area (Å²) < 4.78 is 6.86. The highest BCUT2D eigenvalue weighted by Gasteiger charge is 2.80. The second kappa shape index (κ2) is 12.3. The zero-order valence-electron chi connectivity index (χ0n) is 24.2. The maximum atomic E-state index is 14.4. The molecule has 8 nitrogen and oxygen atoms in total. The molecule has 214 valence electrons. The molecule has 0 aromatic rings. The van der Waals surface area contributed by atoms with Crippen molar-refractivity contribution in [3.05, 3.63) is 25.3 Å². The van der Waals surface area contributed by atoms with Gasteiger partial charge in [0.05, 0.1) is 30.1 Å². The second-order valence-corrected chi connectivity index (χ2v) is 11.5. The van der Waals surface area contributed by atoms with Crippen molar-refractivity contribution in [1.82, 2.24) is 14.7 Å². The van der Waals surface area contributed by atoms with Crippen LogP contribution in [0.1, 0.15) is 73.1 Å². The monoisotopic (exact) mass is 531 g/mol. The van der Waals surface area contributed by atoms with Gasteiger partial charge in [-0.2, -0.15) is 0 Å². The number of likely N-dealkylation sites (tertiary alicyclic amines) is 1. The molecular weight excluding hydrogens is 482 g/mol. The molecule has 3 saturated heterocycles. The Kier molecular flexibility index (Phi) is 9.85. The number of carbonyl (C=O) groups excluding carboxylic acids is 3. The number of hydrogen-bond donors (Lipinski definition) is 1. The Labute approximate surface area is 229 Å². The van der Waals surface area contributed by atoms with Gasteiger partial charge in [-0.1, -0.05) is 52.7 Å². The number of carbonyl (C=O) groups is 3. The number of amides is 3. The first-order valence-electron chi connectivity index (χ1n) is 14.6. The van der Waals surface area contributed by atoms with Gasteiger partial charge in [0.15, 0.2) is 0 Å². The van der Waals surface area contributed by atoms with Crippen molar-refractivity contribution in [3.63, 3.8) is 0 Å². The van der Waals surface area contributed by atoms with E-state index in [1.165, 1.54) is 0 Å². The van der Waals surface area contributed by atoms with Crippen LogP contribution in [-0.4, -0.2) is 93.6 Å². The quantitative estimate of drug-likeness (QED) is 0.258. The van der Waals surface area contributed by atoms with Crippen molar-refractivity contribution in [1.29, 1.82) is 0 Å². The maximum Gasteiger partial charge on any atom is 0.248 e. The number of hydrogen-bond acceptors (Lipinski definition) is 5. The molecule has 3 amide bonds. The average molecular weight is 532 g/mol. The zero-order valence-corrected chi connectivity index (χ0v) is 24.2. The van der Waals surface area contributed by atoms with E-state index in [1.807, 2.05) is 20.8 Å². The molecule has 0 saturated carbocycles. The van der Waals surface area contributed by atoms with Crippen molar-refractivity contribution < 1.29 is 24.2 Å². The van der Waals surface area contributed by atoms with Crippen molar-refractivity contribution in [3.8, 4) is 0 Å². The fraction of sp³-hybridized carbons (Fsp3) is 0.767. The van der Waals surface area contributed by atoms with Gasteiger partial charge in [0.2, 0.25) is 17.7 Å². The zero-order chi connectivity index (χ0) is 28.3. The van der Waals surface area contributed by atoms with E-state index in [1.54, 1.807) is 26.9 Å². The minimum Gasteiger partial charge on any atom is -0.394 e. The van der Waals surface area contributed by atoms with Crippen LogP contribution in [0.2, 0.25) is 0 Å². The van der Waals surface area contributed by atoms with Crippen LogP contribution in [0.3, 0.4) is 0 Å². The molecule has 3 fully saturated rings. The molecule has 3 aliphatic heterocycles. The van der Waals surface area contributed by atoms with Crippen LogP contribution in [0.15, 0.2) is 25.3 Å². The Morgan fingerprint density at radius 2 is 1.74 bits per heavy atom. The lowest BCUT2D eigenvalue weighted by atomic mass is 9.62. The summed E-state index contributed by atoms with van der Waals surface area (Å²) in [4.78, 5) is 48.0. The fourth-order valence-corrected chi connectivity index (χ4v) is 7.23. The van der Waals surface area contributed by atoms with Crippen LogP contribution in [0.25, 0.3) is 0 Å². The number of aliphatic hydroxyl groups excluding tert-OH is 1. The van der Waals surface area contributed by atoms with Gasteiger partial charge in [-0.05, 0) is 38.5 Å². The summed E-state index contributed by atoms with van der Waals surface area (Å²) in [7, 11) is 0. The Morgan fingerprint density at radius 3 is 2.26 bits per heavy atom. The van der Waals surface area contributed by atoms with Gasteiger partial charge in [0.1, 0.15) is 11.6 Å². The number of rotatable bonds is 15. The first kappa shape index (κ1) is 30.4. The van der Waals surface area contributed by atoms with Crippen molar-refractivity contribution in [2.75, 3.05) is 32.8 Å². The van der Waals surface area contributed by atoms with Crippen molar-refractivity contribution in [2.45, 2.75) is 96.4 Å². The first-order chi connectivity index (χ1) is 18.1. The average Bonchev–Trinajstić information content (AvgIpc) is 3.40. The summed E-state index contributed by atoms with van der Waals surface area (Å²) in [5.41, 5.74) is -1.97. The molecule has 0 aliphatic carbocycles. The summed E-state index contributed by atoms with van der Waals surface area (Å²) in [6, 6.07) is -1.42. The van der Waals surface area contributed by atoms with E-state index in [0.29, 0.717) is 39.0 Å². The molecule has 3 rings (SSSR count). The third-order valence-corrected chi connectivity index (χ3v) is 9.18. The van der Waals surface area contributed by atoms with E-state index in [-0.39, 0.29) is 30.2 Å². The Balaban J connectivity index is 2.13. The van der Waals surface area contributed by atoms with E-state index in [4.69, 9.17) is 4.74 Å². The normalized spacial score (nSPS) is 32.3. The van der Waals surface area contributed by atoms with E-state index < -0.39 is 35.1 Å². The highest BCUT2D eigenvalue weighted by Crippen LogP contribution is 2.65. The Hall–Kier alpha value is -2.19. The van der Waals surface area contributed by atoms with Crippen molar-refractivity contribution in [2.24, 2.45) is 17.8 Å². The molecule has 8 heteroatoms. The highest BCUT2D eigenvalue weighted by molar-refractivity contribution is 5.99. The van der Waals surface area contributed by atoms with Gasteiger partial charge < -0.3 is 24.5 Å². The largest absolute Gasteiger partial charge is 0.394 e. The molecule has 1 N–H and O–H groups in total. The molecule has 1 spiro atoms. The SMILES string of the molecule is C=CCN(CCCCC)C(=O)C1N([C@@H](CC)CO)C(=O)[C@@H]2[C@@H](C(=O)N(CC=C)CCC)[C@]3(C)OC12CC3C. The summed E-state index contributed by atoms with van der Waals surface area (Å²) in [5, 5.41) is 10.3. The molecule has 3 aliphatic rings. The number of ether oxygens (including phenoxy) is 1. The lowest BCUT2D eigenvalue weighted by Gasteiger charge is -2.39. The summed E-state index contributed by atoms with van der Waals surface area (Å²) in [5.74, 6) is -2.03. The smallest absolute Gasteiger partial charge is 0.248 e. The third kappa shape index (κ3) is 4.83. The molecule has 7 atom stereocenters. The molecule has 3 heterocycles. The van der Waals surface area contributed by atoms with E-state index in [0.717, 1.165) is 25.7 Å². The summed E-state index contributed by atoms with van der Waals surface area (Å²) in [6.07, 6.45) is 8.10. The fourth-order valence-electron chi connectivity index (χ4n) is 7.23. The van der Waals surface area contributed by atoms with Crippen LogP contribution in [0.5, 0.6) is 0 Å². The molecule has 2 bridgehead atoms. The number of fused-ring (bicyclic) bond motifs is 1. The minimum absolute atomic E-state index is 0.0230. The molecular formula is C30H49N3O5. The lowest BCUT2D eigenvalue weighted by Crippen LogP contribution is -2.59. The Morgan fingerprint density at radius 1 is 1.11 bits per heavy atom. The molecule has 3 unspecified atom stereocenters. The van der Waals surface area contributed by atoms with Crippen LogP contribution in [0.4, 0.5) is 0 Å². The van der Waals surface area contributed by atoms with Gasteiger partial charge in [0.25, 0.3) is 0 Å². The molecule has 0 aromatic heterocycles. The van der Waals surface area contributed by atoms with Gasteiger partial charge in [-0.3, -0.25) is 14.4 Å². The lowest BCUT2D eigenvalue weighted by molar-refractivity contribution is -0.157.